The molecule has 0 spiro atoms. The van der Waals surface area contributed by atoms with Gasteiger partial charge in [-0.2, -0.15) is 0 Å². The van der Waals surface area contributed by atoms with Crippen LogP contribution in [0.1, 0.15) is 12.0 Å². The fraction of sp³-hybridized carbons (Fsp3) is 0.500. The molecule has 3 aliphatic rings. The molecule has 0 N–H and O–H groups in total. The molecule has 6 heteroatoms. The van der Waals surface area contributed by atoms with Crippen LogP contribution in [0.4, 0.5) is 5.69 Å². The molecule has 2 bridgehead atoms. The number of hydrogen-bond acceptors (Lipinski definition) is 4. The van der Waals surface area contributed by atoms with Crippen molar-refractivity contribution in [3.63, 3.8) is 0 Å². The van der Waals surface area contributed by atoms with E-state index in [9.17, 15) is 14.7 Å². The Kier molecular flexibility index (Phi) is 4.43. The van der Waals surface area contributed by atoms with Crippen LogP contribution in [0, 0.1) is 30.6 Å². The maximum Gasteiger partial charge on any atom is 0.227 e. The number of aryl methyl sites for hydroxylation is 1. The molecule has 1 aliphatic heterocycles. The summed E-state index contributed by atoms with van der Waals surface area (Å²) in [6.45, 7) is 4.69. The molecule has 1 saturated carbocycles. The first kappa shape index (κ1) is 17.4. The van der Waals surface area contributed by atoms with Crippen molar-refractivity contribution in [2.45, 2.75) is 13.3 Å². The minimum Gasteiger partial charge on any atom is -0.550 e. The van der Waals surface area contributed by atoms with Gasteiger partial charge in [-0.25, -0.2) is 0 Å². The van der Waals surface area contributed by atoms with E-state index in [0.717, 1.165) is 30.8 Å². The average molecular weight is 374 g/mol. The minimum absolute atomic E-state index is 0.0292. The van der Waals surface area contributed by atoms with Gasteiger partial charge in [0.1, 0.15) is 0 Å². The Labute approximate surface area is 158 Å². The molecule has 4 rings (SSSR count). The van der Waals surface area contributed by atoms with E-state index in [0.29, 0.717) is 18.1 Å². The predicted octanol–water partition coefficient (Wildman–Crippen LogP) is 1.49. The smallest absolute Gasteiger partial charge is 0.227 e. The van der Waals surface area contributed by atoms with Crippen molar-refractivity contribution in [2.24, 2.45) is 23.7 Å². The van der Waals surface area contributed by atoms with Crippen LogP contribution in [0.5, 0.6) is 0 Å². The number of hydrogen-bond donors (Lipinski definition) is 0. The third-order valence-electron chi connectivity index (χ3n) is 6.12. The van der Waals surface area contributed by atoms with E-state index in [1.165, 1.54) is 0 Å². The van der Waals surface area contributed by atoms with Gasteiger partial charge < -0.3 is 19.7 Å². The molecule has 2 fully saturated rings. The maximum atomic E-state index is 13.0. The van der Waals surface area contributed by atoms with Gasteiger partial charge in [-0.3, -0.25) is 4.79 Å². The highest BCUT2D eigenvalue weighted by atomic mass is 35.5. The highest BCUT2D eigenvalue weighted by Crippen LogP contribution is 2.48. The number of aliphatic carboxylic acids is 1. The lowest BCUT2D eigenvalue weighted by Crippen LogP contribution is -2.53. The molecule has 0 unspecified atom stereocenters. The number of carbonyl (C=O) groups excluding carboxylic acids is 2. The second-order valence-corrected chi connectivity index (χ2v) is 8.00. The van der Waals surface area contributed by atoms with Gasteiger partial charge >= 0.3 is 0 Å². The SMILES string of the molecule is Cc1ccc(Cl)cc1N1CCN(C(=O)[C@H]2[C@@H](C(=O)[O-])[C@@H]3C=C[C@@H]2C3)CC1. The first-order valence-corrected chi connectivity index (χ1v) is 9.52. The Morgan fingerprint density at radius 2 is 1.73 bits per heavy atom. The van der Waals surface area contributed by atoms with Gasteiger partial charge in [0, 0.05) is 48.8 Å². The number of fused-ring (bicyclic) bond motifs is 2. The summed E-state index contributed by atoms with van der Waals surface area (Å²) in [5.41, 5.74) is 2.25. The monoisotopic (exact) mass is 373 g/mol. The standard InChI is InChI=1S/C20H23ClN2O3/c1-12-2-5-15(21)11-16(12)22-6-8-23(9-7-22)19(24)17-13-3-4-14(10-13)18(17)20(25)26/h2-5,11,13-14,17-18H,6-10H2,1H3,(H,25,26)/p-1/t13-,14-,17-,18+/m1/s1. The number of carboxylic acid groups (broad SMARTS) is 1. The lowest BCUT2D eigenvalue weighted by atomic mass is 9.82. The summed E-state index contributed by atoms with van der Waals surface area (Å²) < 4.78 is 0. The van der Waals surface area contributed by atoms with Gasteiger partial charge in [-0.05, 0) is 42.9 Å². The maximum absolute atomic E-state index is 13.0. The summed E-state index contributed by atoms with van der Waals surface area (Å²) in [7, 11) is 0. The number of amides is 1. The highest BCUT2D eigenvalue weighted by Gasteiger charge is 2.50. The number of anilines is 1. The topological polar surface area (TPSA) is 63.7 Å². The number of carboxylic acids is 1. The summed E-state index contributed by atoms with van der Waals surface area (Å²) >= 11 is 6.12. The first-order chi connectivity index (χ1) is 12.5. The van der Waals surface area contributed by atoms with Crippen molar-refractivity contribution < 1.29 is 14.7 Å². The Bertz CT molecular complexity index is 770. The molecule has 26 heavy (non-hydrogen) atoms. The van der Waals surface area contributed by atoms with Crippen molar-refractivity contribution in [2.75, 3.05) is 31.1 Å². The van der Waals surface area contributed by atoms with Gasteiger partial charge in [-0.1, -0.05) is 29.8 Å². The van der Waals surface area contributed by atoms with Crippen molar-refractivity contribution in [1.82, 2.24) is 4.90 Å². The number of carbonyl (C=O) groups is 2. The number of piperazine rings is 1. The number of nitrogens with zero attached hydrogens (tertiary/aromatic N) is 2. The molecule has 2 aliphatic carbocycles. The number of allylic oxidation sites excluding steroid dienone is 2. The van der Waals surface area contributed by atoms with Crippen molar-refractivity contribution in [3.05, 3.63) is 40.9 Å². The predicted molar refractivity (Wildman–Crippen MR) is 97.7 cm³/mol. The van der Waals surface area contributed by atoms with E-state index in [-0.39, 0.29) is 17.7 Å². The lowest BCUT2D eigenvalue weighted by Gasteiger charge is -2.39. The van der Waals surface area contributed by atoms with Crippen molar-refractivity contribution in [1.29, 1.82) is 0 Å². The van der Waals surface area contributed by atoms with Crippen molar-refractivity contribution in [3.8, 4) is 0 Å². The van der Waals surface area contributed by atoms with Crippen LogP contribution >= 0.6 is 11.6 Å². The van der Waals surface area contributed by atoms with E-state index in [1.54, 1.807) is 0 Å². The second kappa shape index (κ2) is 6.62. The third-order valence-corrected chi connectivity index (χ3v) is 6.35. The summed E-state index contributed by atoms with van der Waals surface area (Å²) in [4.78, 5) is 28.7. The molecular formula is C20H22ClN2O3-. The van der Waals surface area contributed by atoms with Crippen LogP contribution in [0.25, 0.3) is 0 Å². The van der Waals surface area contributed by atoms with Crippen LogP contribution in [-0.2, 0) is 9.59 Å². The van der Waals surface area contributed by atoms with Crippen LogP contribution in [0.15, 0.2) is 30.4 Å². The summed E-state index contributed by atoms with van der Waals surface area (Å²) in [6, 6.07) is 5.84. The molecule has 4 atom stereocenters. The Balaban J connectivity index is 1.45. The summed E-state index contributed by atoms with van der Waals surface area (Å²) in [5, 5.41) is 12.3. The highest BCUT2D eigenvalue weighted by molar-refractivity contribution is 6.30. The molecule has 1 amide bonds. The summed E-state index contributed by atoms with van der Waals surface area (Å²) in [5.74, 6) is -2.26. The number of rotatable bonds is 3. The molecule has 0 aromatic heterocycles. The van der Waals surface area contributed by atoms with Gasteiger partial charge in [0.15, 0.2) is 0 Å². The average Bonchev–Trinajstić information content (AvgIpc) is 3.24. The normalized spacial score (nSPS) is 30.1. The zero-order valence-corrected chi connectivity index (χ0v) is 15.5. The largest absolute Gasteiger partial charge is 0.550 e. The first-order valence-electron chi connectivity index (χ1n) is 9.15. The molecule has 1 saturated heterocycles. The fourth-order valence-electron chi connectivity index (χ4n) is 4.78. The van der Waals surface area contributed by atoms with Crippen LogP contribution < -0.4 is 10.0 Å². The van der Waals surface area contributed by atoms with Crippen LogP contribution in [0.3, 0.4) is 0 Å². The molecule has 1 aromatic rings. The molecule has 1 heterocycles. The molecule has 1 aromatic carbocycles. The summed E-state index contributed by atoms with van der Waals surface area (Å²) in [6.07, 6.45) is 4.71. The zero-order valence-electron chi connectivity index (χ0n) is 14.7. The van der Waals surface area contributed by atoms with E-state index in [4.69, 9.17) is 11.6 Å². The van der Waals surface area contributed by atoms with Gasteiger partial charge in [0.05, 0.1) is 5.92 Å². The molecular weight excluding hydrogens is 352 g/mol. The zero-order chi connectivity index (χ0) is 18.4. The van der Waals surface area contributed by atoms with Crippen LogP contribution in [0.2, 0.25) is 5.02 Å². The quantitative estimate of drug-likeness (QED) is 0.753. The molecule has 138 valence electrons. The minimum atomic E-state index is -1.09. The Hall–Kier alpha value is -2.01. The molecule has 5 nitrogen and oxygen atoms in total. The fourth-order valence-corrected chi connectivity index (χ4v) is 4.95. The molecule has 0 radical (unpaired) electrons. The number of benzene rings is 1. The van der Waals surface area contributed by atoms with E-state index in [2.05, 4.69) is 11.8 Å². The van der Waals surface area contributed by atoms with Crippen molar-refractivity contribution >= 4 is 29.2 Å². The third kappa shape index (κ3) is 2.88. The lowest BCUT2D eigenvalue weighted by molar-refractivity contribution is -0.313. The second-order valence-electron chi connectivity index (χ2n) is 7.56. The van der Waals surface area contributed by atoms with E-state index < -0.39 is 17.8 Å². The van der Waals surface area contributed by atoms with E-state index in [1.807, 2.05) is 35.3 Å². The van der Waals surface area contributed by atoms with Crippen LogP contribution in [-0.4, -0.2) is 43.0 Å². The number of halogens is 1. The van der Waals surface area contributed by atoms with E-state index >= 15 is 0 Å². The van der Waals surface area contributed by atoms with Gasteiger partial charge in [0.2, 0.25) is 5.91 Å². The Morgan fingerprint density at radius 1 is 1.08 bits per heavy atom. The Morgan fingerprint density at radius 3 is 2.38 bits per heavy atom. The van der Waals surface area contributed by atoms with Gasteiger partial charge in [-0.15, -0.1) is 0 Å². The van der Waals surface area contributed by atoms with Gasteiger partial charge in [0.25, 0.3) is 0 Å².